The van der Waals surface area contributed by atoms with Gasteiger partial charge in [-0.25, -0.2) is 9.78 Å². The average molecular weight is 330 g/mol. The average Bonchev–Trinajstić information content (AvgIpc) is 2.89. The van der Waals surface area contributed by atoms with E-state index in [-0.39, 0.29) is 6.03 Å². The zero-order chi connectivity index (χ0) is 17.0. The third-order valence-electron chi connectivity index (χ3n) is 3.22. The number of thiazole rings is 1. The van der Waals surface area contributed by atoms with Crippen molar-refractivity contribution >= 4 is 50.9 Å². The van der Waals surface area contributed by atoms with E-state index in [0.717, 1.165) is 10.3 Å². The lowest BCUT2D eigenvalue weighted by molar-refractivity contribution is 0.252. The first-order valence-electron chi connectivity index (χ1n) is 7.06. The van der Waals surface area contributed by atoms with E-state index in [1.807, 2.05) is 6.92 Å². The maximum Gasteiger partial charge on any atom is 0.321 e. The molecule has 2 rings (SSSR count). The third kappa shape index (κ3) is 3.59. The van der Waals surface area contributed by atoms with Crippen LogP contribution in [-0.4, -0.2) is 35.7 Å². The molecule has 2 amide bonds. The first-order valence-corrected chi connectivity index (χ1v) is 7.87. The van der Waals surface area contributed by atoms with Gasteiger partial charge in [0.05, 0.1) is 16.1 Å². The fourth-order valence-corrected chi connectivity index (χ4v) is 3.13. The van der Waals surface area contributed by atoms with E-state index in [4.69, 9.17) is 16.2 Å². The number of rotatable bonds is 6. The summed E-state index contributed by atoms with van der Waals surface area (Å²) in [5.41, 5.74) is 2.46. The van der Waals surface area contributed by atoms with Gasteiger partial charge in [0.2, 0.25) is 0 Å². The highest BCUT2D eigenvalue weighted by Gasteiger charge is 2.16. The molecule has 0 aliphatic carbocycles. The molecular formula is C15H18N6OS. The second-order valence-electron chi connectivity index (χ2n) is 4.90. The van der Waals surface area contributed by atoms with E-state index in [2.05, 4.69) is 15.6 Å². The first-order chi connectivity index (χ1) is 11.0. The summed E-state index contributed by atoms with van der Waals surface area (Å²) in [6.45, 7) is 4.03. The van der Waals surface area contributed by atoms with Crippen LogP contribution in [0, 0.1) is 16.2 Å². The zero-order valence-corrected chi connectivity index (χ0v) is 13.7. The highest BCUT2D eigenvalue weighted by Crippen LogP contribution is 2.32. The van der Waals surface area contributed by atoms with Crippen LogP contribution in [0.4, 0.5) is 9.93 Å². The van der Waals surface area contributed by atoms with Gasteiger partial charge in [0, 0.05) is 30.2 Å². The lowest BCUT2D eigenvalue weighted by atomic mass is 9.97. The number of anilines is 1. The third-order valence-corrected chi connectivity index (χ3v) is 4.24. The lowest BCUT2D eigenvalue weighted by Crippen LogP contribution is -2.28. The second kappa shape index (κ2) is 7.10. The van der Waals surface area contributed by atoms with Crippen LogP contribution in [0.2, 0.25) is 0 Å². The van der Waals surface area contributed by atoms with Crippen LogP contribution >= 0.6 is 11.3 Å². The molecule has 0 radical (unpaired) electrons. The number of carbonyl (C=O) groups is 1. The largest absolute Gasteiger partial charge is 0.338 e. The Balaban J connectivity index is 2.52. The van der Waals surface area contributed by atoms with Gasteiger partial charge in [-0.2, -0.15) is 0 Å². The van der Waals surface area contributed by atoms with Gasteiger partial charge in [0.1, 0.15) is 0 Å². The van der Waals surface area contributed by atoms with Crippen LogP contribution in [0.3, 0.4) is 0 Å². The Morgan fingerprint density at radius 3 is 2.65 bits per heavy atom. The Morgan fingerprint density at radius 1 is 1.39 bits per heavy atom. The minimum absolute atomic E-state index is 0.322. The SMILES string of the molecule is CCNC(=O)Nc1nc2cc(C(C=N)C=N)cc(C(C)=N)c2s1. The number of carbonyl (C=O) groups excluding carboxylic acids is 1. The second-order valence-corrected chi connectivity index (χ2v) is 5.90. The number of nitrogens with zero attached hydrogens (tertiary/aromatic N) is 1. The van der Waals surface area contributed by atoms with Crippen molar-refractivity contribution in [3.63, 3.8) is 0 Å². The number of aromatic nitrogens is 1. The molecule has 0 spiro atoms. The molecule has 1 aromatic heterocycles. The molecule has 0 unspecified atom stereocenters. The molecule has 1 heterocycles. The van der Waals surface area contributed by atoms with E-state index in [1.165, 1.54) is 23.8 Å². The van der Waals surface area contributed by atoms with Crippen LogP contribution in [0.1, 0.15) is 30.9 Å². The molecule has 1 aromatic carbocycles. The smallest absolute Gasteiger partial charge is 0.321 e. The van der Waals surface area contributed by atoms with Crippen molar-refractivity contribution in [2.24, 2.45) is 0 Å². The number of benzene rings is 1. The molecule has 23 heavy (non-hydrogen) atoms. The van der Waals surface area contributed by atoms with Crippen molar-refractivity contribution in [3.05, 3.63) is 23.3 Å². The van der Waals surface area contributed by atoms with Gasteiger partial charge >= 0.3 is 6.03 Å². The molecular weight excluding hydrogens is 312 g/mol. The number of nitrogens with one attached hydrogen (secondary N) is 5. The molecule has 0 saturated carbocycles. The summed E-state index contributed by atoms with van der Waals surface area (Å²) < 4.78 is 0.807. The number of hydrogen-bond acceptors (Lipinski definition) is 6. The molecule has 2 aromatic rings. The van der Waals surface area contributed by atoms with Crippen molar-refractivity contribution in [1.29, 1.82) is 16.2 Å². The Morgan fingerprint density at radius 2 is 2.09 bits per heavy atom. The van der Waals surface area contributed by atoms with Gasteiger partial charge in [-0.05, 0) is 31.5 Å². The summed E-state index contributed by atoms with van der Waals surface area (Å²) in [5.74, 6) is -0.445. The number of fused-ring (bicyclic) bond motifs is 1. The van der Waals surface area contributed by atoms with Gasteiger partial charge in [-0.15, -0.1) is 0 Å². The van der Waals surface area contributed by atoms with Crippen molar-refractivity contribution in [2.45, 2.75) is 19.8 Å². The Labute approximate surface area is 137 Å². The monoisotopic (exact) mass is 330 g/mol. The highest BCUT2D eigenvalue weighted by molar-refractivity contribution is 7.22. The maximum absolute atomic E-state index is 11.6. The van der Waals surface area contributed by atoms with Gasteiger partial charge in [0.15, 0.2) is 5.13 Å². The van der Waals surface area contributed by atoms with Crippen LogP contribution < -0.4 is 10.6 Å². The Hall–Kier alpha value is -2.61. The normalized spacial score (nSPS) is 11.7. The summed E-state index contributed by atoms with van der Waals surface area (Å²) in [4.78, 5) is 16.0. The predicted octanol–water partition coefficient (Wildman–Crippen LogP) is 3.21. The summed E-state index contributed by atoms with van der Waals surface area (Å²) in [7, 11) is 0. The number of urea groups is 1. The number of hydrogen-bond donors (Lipinski definition) is 5. The molecule has 0 atom stereocenters. The van der Waals surface area contributed by atoms with Crippen LogP contribution in [-0.2, 0) is 0 Å². The van der Waals surface area contributed by atoms with Crippen LogP contribution in [0.15, 0.2) is 12.1 Å². The summed E-state index contributed by atoms with van der Waals surface area (Å²) >= 11 is 1.30. The van der Waals surface area contributed by atoms with E-state index < -0.39 is 5.92 Å². The van der Waals surface area contributed by atoms with Crippen molar-refractivity contribution in [2.75, 3.05) is 11.9 Å². The number of amides is 2. The molecule has 0 aliphatic heterocycles. The van der Waals surface area contributed by atoms with E-state index in [9.17, 15) is 4.79 Å². The van der Waals surface area contributed by atoms with Crippen molar-refractivity contribution in [3.8, 4) is 0 Å². The molecule has 0 bridgehead atoms. The molecule has 7 nitrogen and oxygen atoms in total. The Bertz CT molecular complexity index is 774. The molecule has 8 heteroatoms. The standard InChI is InChI=1S/C15H18N6OS/c1-3-19-14(22)21-15-20-12-5-9(10(6-16)7-17)4-11(8(2)18)13(12)23-15/h4-7,10,16-18H,3H2,1-2H3,(H2,19,20,21,22). The fourth-order valence-electron chi connectivity index (χ4n) is 2.12. The molecule has 0 fully saturated rings. The first kappa shape index (κ1) is 16.8. The highest BCUT2D eigenvalue weighted by atomic mass is 32.1. The van der Waals surface area contributed by atoms with Crippen molar-refractivity contribution < 1.29 is 4.79 Å². The van der Waals surface area contributed by atoms with Crippen molar-refractivity contribution in [1.82, 2.24) is 10.3 Å². The molecule has 5 N–H and O–H groups in total. The van der Waals surface area contributed by atoms with Gasteiger partial charge in [-0.3, -0.25) is 5.32 Å². The van der Waals surface area contributed by atoms with Gasteiger partial charge < -0.3 is 21.5 Å². The molecule has 120 valence electrons. The van der Waals surface area contributed by atoms with Crippen LogP contribution in [0.5, 0.6) is 0 Å². The molecule has 0 saturated heterocycles. The maximum atomic E-state index is 11.6. The minimum atomic E-state index is -0.445. The summed E-state index contributed by atoms with van der Waals surface area (Å²) in [5, 5.41) is 28.5. The summed E-state index contributed by atoms with van der Waals surface area (Å²) in [6.07, 6.45) is 2.36. The fraction of sp³-hybridized carbons (Fsp3) is 0.267. The lowest BCUT2D eigenvalue weighted by Gasteiger charge is -2.08. The Kier molecular flexibility index (Phi) is 5.17. The van der Waals surface area contributed by atoms with E-state index in [0.29, 0.717) is 28.5 Å². The molecule has 0 aliphatic rings. The summed E-state index contributed by atoms with van der Waals surface area (Å²) in [6, 6.07) is 3.28. The minimum Gasteiger partial charge on any atom is -0.338 e. The predicted molar refractivity (Wildman–Crippen MR) is 95.1 cm³/mol. The van der Waals surface area contributed by atoms with Crippen LogP contribution in [0.25, 0.3) is 10.2 Å². The quantitative estimate of drug-likeness (QED) is 0.522. The zero-order valence-electron chi connectivity index (χ0n) is 12.9. The van der Waals surface area contributed by atoms with Gasteiger partial charge in [-0.1, -0.05) is 11.3 Å². The van der Waals surface area contributed by atoms with E-state index in [1.54, 1.807) is 19.1 Å². The van der Waals surface area contributed by atoms with E-state index >= 15 is 0 Å². The van der Waals surface area contributed by atoms with Gasteiger partial charge in [0.25, 0.3) is 0 Å². The topological polar surface area (TPSA) is 126 Å².